The fourth-order valence-corrected chi connectivity index (χ4v) is 2.86. The molecule has 0 aliphatic heterocycles. The Morgan fingerprint density at radius 3 is 2.35 bits per heavy atom. The second-order valence-electron chi connectivity index (χ2n) is 4.76. The third-order valence-electron chi connectivity index (χ3n) is 3.35. The summed E-state index contributed by atoms with van der Waals surface area (Å²) in [6, 6.07) is 7.36. The number of carboxylic acid groups (broad SMARTS) is 1. The van der Waals surface area contributed by atoms with Gasteiger partial charge in [-0.15, -0.1) is 0 Å². The van der Waals surface area contributed by atoms with E-state index in [1.807, 2.05) is 0 Å². The first-order valence-corrected chi connectivity index (χ1v) is 7.12. The Bertz CT molecular complexity index is 866. The molecule has 0 aromatic heterocycles. The molecule has 0 heterocycles. The molecule has 0 atom stereocenters. The summed E-state index contributed by atoms with van der Waals surface area (Å²) in [5.41, 5.74) is 1.10. The Hall–Kier alpha value is -2.50. The molecule has 2 aromatic carbocycles. The molecule has 1 aliphatic rings. The van der Waals surface area contributed by atoms with Crippen molar-refractivity contribution in [3.05, 3.63) is 62.6 Å². The summed E-state index contributed by atoms with van der Waals surface area (Å²) in [6.45, 7) is 0. The van der Waals surface area contributed by atoms with Gasteiger partial charge in [0.2, 0.25) is 0 Å². The zero-order chi connectivity index (χ0) is 16.7. The van der Waals surface area contributed by atoms with Gasteiger partial charge in [-0.25, -0.2) is 4.79 Å². The Morgan fingerprint density at radius 2 is 1.74 bits per heavy atom. The normalized spacial score (nSPS) is 12.0. The lowest BCUT2D eigenvalue weighted by atomic mass is 9.90. The van der Waals surface area contributed by atoms with Gasteiger partial charge in [-0.3, -0.25) is 4.79 Å². The molecule has 0 spiro atoms. The molecule has 0 amide bonds. The number of carbonyl (C=O) groups is 2. The van der Waals surface area contributed by atoms with E-state index in [1.54, 1.807) is 6.07 Å². The fourth-order valence-electron chi connectivity index (χ4n) is 2.29. The van der Waals surface area contributed by atoms with E-state index in [-0.39, 0.29) is 32.7 Å². The Labute approximate surface area is 140 Å². The highest BCUT2D eigenvalue weighted by Crippen LogP contribution is 2.39. The molecule has 116 valence electrons. The average Bonchev–Trinajstić information content (AvgIpc) is 2.46. The van der Waals surface area contributed by atoms with Crippen LogP contribution in [0.15, 0.2) is 30.3 Å². The summed E-state index contributed by atoms with van der Waals surface area (Å²) < 4.78 is 4.53. The second-order valence-corrected chi connectivity index (χ2v) is 5.57. The van der Waals surface area contributed by atoms with Crippen LogP contribution in [0.1, 0.15) is 27.0 Å². The number of fused-ring (bicyclic) bond motifs is 1. The number of ether oxygens (including phenoxy) is 1. The van der Waals surface area contributed by atoms with E-state index in [4.69, 9.17) is 28.3 Å². The van der Waals surface area contributed by atoms with Crippen LogP contribution in [0.4, 0.5) is 4.79 Å². The minimum atomic E-state index is -1.45. The summed E-state index contributed by atoms with van der Waals surface area (Å²) in [7, 11) is 0. The highest BCUT2D eigenvalue weighted by molar-refractivity contribution is 6.41. The van der Waals surface area contributed by atoms with Gasteiger partial charge in [0, 0.05) is 5.56 Å². The average molecular weight is 351 g/mol. The van der Waals surface area contributed by atoms with Crippen LogP contribution in [0.25, 0.3) is 11.8 Å². The van der Waals surface area contributed by atoms with Gasteiger partial charge >= 0.3 is 6.16 Å². The van der Waals surface area contributed by atoms with Gasteiger partial charge in [0.15, 0.2) is 5.78 Å². The number of phenolic OH excluding ortho intramolecular Hbond substituents is 1. The van der Waals surface area contributed by atoms with Crippen molar-refractivity contribution in [3.8, 4) is 5.75 Å². The van der Waals surface area contributed by atoms with E-state index in [1.165, 1.54) is 30.3 Å². The van der Waals surface area contributed by atoms with E-state index in [9.17, 15) is 14.7 Å². The molecule has 0 unspecified atom stereocenters. The van der Waals surface area contributed by atoms with Gasteiger partial charge in [0.1, 0.15) is 11.5 Å². The predicted molar refractivity (Wildman–Crippen MR) is 85.0 cm³/mol. The van der Waals surface area contributed by atoms with Gasteiger partial charge in [0.25, 0.3) is 0 Å². The molecular weight excluding hydrogens is 343 g/mol. The van der Waals surface area contributed by atoms with Gasteiger partial charge in [0.05, 0.1) is 21.2 Å². The van der Waals surface area contributed by atoms with Crippen molar-refractivity contribution < 1.29 is 24.5 Å². The molecule has 1 aliphatic carbocycles. The highest BCUT2D eigenvalue weighted by Gasteiger charge is 2.26. The summed E-state index contributed by atoms with van der Waals surface area (Å²) in [5, 5.41) is 19.0. The molecular formula is C16H8Cl2O5. The van der Waals surface area contributed by atoms with E-state index >= 15 is 0 Å². The predicted octanol–water partition coefficient (Wildman–Crippen LogP) is 4.44. The van der Waals surface area contributed by atoms with Crippen molar-refractivity contribution in [1.82, 2.24) is 0 Å². The van der Waals surface area contributed by atoms with Crippen LogP contribution in [0.5, 0.6) is 5.75 Å². The highest BCUT2D eigenvalue weighted by atomic mass is 35.5. The quantitative estimate of drug-likeness (QED) is 0.631. The third-order valence-corrected chi connectivity index (χ3v) is 3.98. The number of aromatic hydroxyl groups is 1. The molecule has 0 radical (unpaired) electrons. The molecule has 0 saturated carbocycles. The fraction of sp³-hybridized carbons (Fsp3) is 0. The topological polar surface area (TPSA) is 83.8 Å². The lowest BCUT2D eigenvalue weighted by molar-refractivity contribution is 0.103. The van der Waals surface area contributed by atoms with Crippen LogP contribution in [0.2, 0.25) is 10.0 Å². The molecule has 23 heavy (non-hydrogen) atoms. The van der Waals surface area contributed by atoms with E-state index in [0.29, 0.717) is 11.1 Å². The van der Waals surface area contributed by atoms with E-state index < -0.39 is 11.9 Å². The number of halogens is 2. The summed E-state index contributed by atoms with van der Waals surface area (Å²) in [4.78, 5) is 23.1. The number of hydrogen-bond donors (Lipinski definition) is 2. The molecule has 2 N–H and O–H groups in total. The standard InChI is InChI=1S/C16H8Cl2O5/c17-10-2-1-3-11(18)14(10)15(20)9-4-7-5-13(23-16(21)22)8(7)6-12(9)19/h1-6,19H,(H,21,22). The van der Waals surface area contributed by atoms with Crippen molar-refractivity contribution in [3.63, 3.8) is 0 Å². The lowest BCUT2D eigenvalue weighted by Crippen LogP contribution is -2.10. The van der Waals surface area contributed by atoms with Crippen LogP contribution in [0.3, 0.4) is 0 Å². The molecule has 3 rings (SSSR count). The summed E-state index contributed by atoms with van der Waals surface area (Å²) >= 11 is 12.0. The first kappa shape index (κ1) is 15.4. The Kier molecular flexibility index (Phi) is 3.75. The number of hydrogen-bond acceptors (Lipinski definition) is 4. The van der Waals surface area contributed by atoms with Crippen molar-refractivity contribution in [2.24, 2.45) is 0 Å². The number of ketones is 1. The smallest absolute Gasteiger partial charge is 0.507 e. The first-order chi connectivity index (χ1) is 10.9. The van der Waals surface area contributed by atoms with Gasteiger partial charge in [-0.1, -0.05) is 29.3 Å². The molecule has 2 aromatic rings. The minimum absolute atomic E-state index is 0.0179. The molecule has 0 fully saturated rings. The van der Waals surface area contributed by atoms with Gasteiger partial charge in [-0.2, -0.15) is 0 Å². The zero-order valence-electron chi connectivity index (χ0n) is 11.3. The number of rotatable bonds is 3. The maximum atomic E-state index is 12.6. The van der Waals surface area contributed by atoms with Crippen LogP contribution < -0.4 is 0 Å². The summed E-state index contributed by atoms with van der Waals surface area (Å²) in [6.07, 6.45) is -0.00200. The molecule has 7 heteroatoms. The lowest BCUT2D eigenvalue weighted by Gasteiger charge is -2.20. The second kappa shape index (κ2) is 5.61. The van der Waals surface area contributed by atoms with Crippen LogP contribution >= 0.6 is 23.2 Å². The van der Waals surface area contributed by atoms with Gasteiger partial charge < -0.3 is 14.9 Å². The van der Waals surface area contributed by atoms with Crippen LogP contribution in [-0.4, -0.2) is 22.2 Å². The Morgan fingerprint density at radius 1 is 1.09 bits per heavy atom. The third kappa shape index (κ3) is 2.65. The van der Waals surface area contributed by atoms with Gasteiger partial charge in [-0.05, 0) is 35.9 Å². The monoisotopic (exact) mass is 350 g/mol. The van der Waals surface area contributed by atoms with Crippen molar-refractivity contribution in [1.29, 1.82) is 0 Å². The zero-order valence-corrected chi connectivity index (χ0v) is 12.9. The number of benzene rings is 2. The van der Waals surface area contributed by atoms with Crippen molar-refractivity contribution >= 4 is 47.0 Å². The minimum Gasteiger partial charge on any atom is -0.507 e. The van der Waals surface area contributed by atoms with Crippen molar-refractivity contribution in [2.45, 2.75) is 0 Å². The van der Waals surface area contributed by atoms with Crippen LogP contribution in [0, 0.1) is 0 Å². The largest absolute Gasteiger partial charge is 0.511 e. The summed E-state index contributed by atoms with van der Waals surface area (Å²) in [5.74, 6) is -0.733. The van der Waals surface area contributed by atoms with Crippen LogP contribution in [-0.2, 0) is 4.74 Å². The van der Waals surface area contributed by atoms with E-state index in [2.05, 4.69) is 4.74 Å². The SMILES string of the molecule is O=C(O)OC1=Cc2cc(C(=O)c3c(Cl)cccc3Cl)c(O)cc21. The van der Waals surface area contributed by atoms with E-state index in [0.717, 1.165) is 0 Å². The number of carbonyl (C=O) groups excluding carboxylic acids is 1. The maximum Gasteiger partial charge on any atom is 0.511 e. The molecule has 0 bridgehead atoms. The molecule has 0 saturated heterocycles. The van der Waals surface area contributed by atoms with Crippen molar-refractivity contribution in [2.75, 3.05) is 0 Å². The molecule has 5 nitrogen and oxygen atoms in total. The first-order valence-electron chi connectivity index (χ1n) is 6.37. The Balaban J connectivity index is 2.01. The maximum absolute atomic E-state index is 12.6. The number of phenols is 1.